The van der Waals surface area contributed by atoms with Crippen LogP contribution in [0, 0.1) is 0 Å². The standard InChI is InChI=1S/C8H18N2OS/c1-12(11)7-6-10-4-2-8(9)3-5-10/h8H,2-7,9H2,1H3/t12-/m1/s1. The maximum Gasteiger partial charge on any atom is 0.0359 e. The first-order chi connectivity index (χ1) is 5.68. The Morgan fingerprint density at radius 1 is 1.50 bits per heavy atom. The molecular formula is C8H18N2OS. The molecule has 2 N–H and O–H groups in total. The molecule has 1 heterocycles. The van der Waals surface area contributed by atoms with E-state index in [1.54, 1.807) is 6.26 Å². The number of nitrogens with zero attached hydrogens (tertiary/aromatic N) is 1. The van der Waals surface area contributed by atoms with Crippen LogP contribution in [-0.2, 0) is 10.8 Å². The van der Waals surface area contributed by atoms with Crippen LogP contribution in [0.25, 0.3) is 0 Å². The Morgan fingerprint density at radius 2 is 2.08 bits per heavy atom. The molecule has 1 rings (SSSR count). The van der Waals surface area contributed by atoms with E-state index in [0.29, 0.717) is 6.04 Å². The number of hydrogen-bond donors (Lipinski definition) is 1. The lowest BCUT2D eigenvalue weighted by molar-refractivity contribution is 0.225. The number of likely N-dealkylation sites (tertiary alicyclic amines) is 1. The summed E-state index contributed by atoms with van der Waals surface area (Å²) < 4.78 is 10.8. The highest BCUT2D eigenvalue weighted by Crippen LogP contribution is 2.07. The van der Waals surface area contributed by atoms with Gasteiger partial charge >= 0.3 is 0 Å². The van der Waals surface area contributed by atoms with E-state index >= 15 is 0 Å². The number of hydrogen-bond acceptors (Lipinski definition) is 3. The van der Waals surface area contributed by atoms with Crippen LogP contribution in [-0.4, -0.2) is 46.8 Å². The van der Waals surface area contributed by atoms with Gasteiger partial charge in [0.05, 0.1) is 0 Å². The predicted octanol–water partition coefficient (Wildman–Crippen LogP) is -0.212. The summed E-state index contributed by atoms with van der Waals surface area (Å²) >= 11 is 0. The highest BCUT2D eigenvalue weighted by molar-refractivity contribution is 7.84. The molecule has 0 aromatic rings. The van der Waals surface area contributed by atoms with E-state index in [1.807, 2.05) is 0 Å². The Morgan fingerprint density at radius 3 is 2.58 bits per heavy atom. The van der Waals surface area contributed by atoms with Crippen LogP contribution in [0.3, 0.4) is 0 Å². The topological polar surface area (TPSA) is 46.3 Å². The summed E-state index contributed by atoms with van der Waals surface area (Å²) in [6, 6.07) is 0.397. The molecule has 0 aromatic heterocycles. The second kappa shape index (κ2) is 4.94. The van der Waals surface area contributed by atoms with Gasteiger partial charge in [0.1, 0.15) is 0 Å². The van der Waals surface area contributed by atoms with Crippen molar-refractivity contribution in [3.63, 3.8) is 0 Å². The second-order valence-corrected chi connectivity index (χ2v) is 5.01. The van der Waals surface area contributed by atoms with E-state index in [-0.39, 0.29) is 0 Å². The van der Waals surface area contributed by atoms with E-state index in [4.69, 9.17) is 5.73 Å². The monoisotopic (exact) mass is 190 g/mol. The number of piperidine rings is 1. The van der Waals surface area contributed by atoms with Crippen molar-refractivity contribution in [3.8, 4) is 0 Å². The average molecular weight is 190 g/mol. The van der Waals surface area contributed by atoms with Crippen LogP contribution in [0.15, 0.2) is 0 Å². The minimum absolute atomic E-state index is 0.397. The van der Waals surface area contributed by atoms with E-state index < -0.39 is 10.8 Å². The lowest BCUT2D eigenvalue weighted by atomic mass is 10.1. The molecule has 0 spiro atoms. The maximum absolute atomic E-state index is 10.8. The molecule has 1 aliphatic heterocycles. The van der Waals surface area contributed by atoms with Crippen LogP contribution < -0.4 is 5.73 Å². The zero-order valence-electron chi connectivity index (χ0n) is 7.66. The molecule has 4 heteroatoms. The van der Waals surface area contributed by atoms with Crippen LogP contribution in [0.4, 0.5) is 0 Å². The molecule has 1 fully saturated rings. The molecule has 0 unspecified atom stereocenters. The smallest absolute Gasteiger partial charge is 0.0359 e. The van der Waals surface area contributed by atoms with Gasteiger partial charge in [-0.15, -0.1) is 0 Å². The van der Waals surface area contributed by atoms with E-state index in [2.05, 4.69) is 4.90 Å². The molecule has 0 aromatic carbocycles. The van der Waals surface area contributed by atoms with Crippen molar-refractivity contribution >= 4 is 10.8 Å². The van der Waals surface area contributed by atoms with Gasteiger partial charge in [0.2, 0.25) is 0 Å². The van der Waals surface area contributed by atoms with Crippen molar-refractivity contribution in [3.05, 3.63) is 0 Å². The summed E-state index contributed by atoms with van der Waals surface area (Å²) in [5, 5.41) is 0. The molecule has 0 radical (unpaired) electrons. The molecule has 0 saturated carbocycles. The van der Waals surface area contributed by atoms with E-state index in [0.717, 1.165) is 38.2 Å². The zero-order chi connectivity index (χ0) is 8.97. The Kier molecular flexibility index (Phi) is 4.18. The average Bonchev–Trinajstić information content (AvgIpc) is 2.03. The zero-order valence-corrected chi connectivity index (χ0v) is 8.48. The highest BCUT2D eigenvalue weighted by atomic mass is 32.2. The molecule has 1 saturated heterocycles. The fourth-order valence-electron chi connectivity index (χ4n) is 1.43. The minimum atomic E-state index is -0.649. The normalized spacial score (nSPS) is 24.2. The Balaban J connectivity index is 2.13. The summed E-state index contributed by atoms with van der Waals surface area (Å²) in [7, 11) is -0.649. The Hall–Kier alpha value is 0.0700. The molecule has 1 aliphatic rings. The second-order valence-electron chi connectivity index (χ2n) is 3.46. The largest absolute Gasteiger partial charge is 0.328 e. The predicted molar refractivity (Wildman–Crippen MR) is 52.6 cm³/mol. The van der Waals surface area contributed by atoms with E-state index in [9.17, 15) is 4.21 Å². The molecule has 0 bridgehead atoms. The lowest BCUT2D eigenvalue weighted by Gasteiger charge is -2.29. The van der Waals surface area contributed by atoms with Crippen molar-refractivity contribution in [2.24, 2.45) is 5.73 Å². The Labute approximate surface area is 76.8 Å². The van der Waals surface area contributed by atoms with Gasteiger partial charge in [-0.3, -0.25) is 4.21 Å². The third kappa shape index (κ3) is 3.65. The quantitative estimate of drug-likeness (QED) is 0.670. The molecule has 1 atom stereocenters. The molecule has 0 aliphatic carbocycles. The van der Waals surface area contributed by atoms with Crippen molar-refractivity contribution in [1.29, 1.82) is 0 Å². The van der Waals surface area contributed by atoms with Gasteiger partial charge in [0.15, 0.2) is 0 Å². The lowest BCUT2D eigenvalue weighted by Crippen LogP contribution is -2.41. The van der Waals surface area contributed by atoms with E-state index in [1.165, 1.54) is 0 Å². The fraction of sp³-hybridized carbons (Fsp3) is 1.00. The van der Waals surface area contributed by atoms with Gasteiger partial charge in [0.25, 0.3) is 0 Å². The first-order valence-electron chi connectivity index (χ1n) is 4.46. The van der Waals surface area contributed by atoms with Crippen molar-refractivity contribution < 1.29 is 4.21 Å². The van der Waals surface area contributed by atoms with Crippen LogP contribution in [0.1, 0.15) is 12.8 Å². The third-order valence-electron chi connectivity index (χ3n) is 2.33. The van der Waals surface area contributed by atoms with Crippen molar-refractivity contribution in [2.75, 3.05) is 31.6 Å². The van der Waals surface area contributed by atoms with Crippen LogP contribution >= 0.6 is 0 Å². The maximum atomic E-state index is 10.8. The van der Waals surface area contributed by atoms with Gasteiger partial charge in [-0.05, 0) is 25.9 Å². The van der Waals surface area contributed by atoms with Crippen molar-refractivity contribution in [2.45, 2.75) is 18.9 Å². The van der Waals surface area contributed by atoms with Gasteiger partial charge in [-0.2, -0.15) is 0 Å². The van der Waals surface area contributed by atoms with Gasteiger partial charge in [0, 0.05) is 35.4 Å². The van der Waals surface area contributed by atoms with Gasteiger partial charge in [-0.1, -0.05) is 0 Å². The fourth-order valence-corrected chi connectivity index (χ4v) is 1.95. The van der Waals surface area contributed by atoms with Crippen LogP contribution in [0.5, 0.6) is 0 Å². The van der Waals surface area contributed by atoms with Gasteiger partial charge in [-0.25, -0.2) is 0 Å². The molecular weight excluding hydrogens is 172 g/mol. The van der Waals surface area contributed by atoms with Gasteiger partial charge < -0.3 is 10.6 Å². The molecule has 3 nitrogen and oxygen atoms in total. The summed E-state index contributed by atoms with van der Waals surface area (Å²) in [4.78, 5) is 2.35. The Bertz CT molecular complexity index is 155. The summed E-state index contributed by atoms with van der Waals surface area (Å²) in [5.74, 6) is 0.801. The highest BCUT2D eigenvalue weighted by Gasteiger charge is 2.15. The first kappa shape index (κ1) is 10.2. The first-order valence-corrected chi connectivity index (χ1v) is 6.19. The van der Waals surface area contributed by atoms with Crippen molar-refractivity contribution in [1.82, 2.24) is 4.90 Å². The number of nitrogens with two attached hydrogens (primary N) is 1. The molecule has 72 valence electrons. The molecule has 0 amide bonds. The SMILES string of the molecule is C[S@@](=O)CCN1CCC(N)CC1. The minimum Gasteiger partial charge on any atom is -0.328 e. The summed E-state index contributed by atoms with van der Waals surface area (Å²) in [5.41, 5.74) is 5.77. The summed E-state index contributed by atoms with van der Waals surface area (Å²) in [6.07, 6.45) is 3.95. The summed E-state index contributed by atoms with van der Waals surface area (Å²) in [6.45, 7) is 3.13. The molecule has 12 heavy (non-hydrogen) atoms. The van der Waals surface area contributed by atoms with Crippen LogP contribution in [0.2, 0.25) is 0 Å². The third-order valence-corrected chi connectivity index (χ3v) is 3.08. The number of rotatable bonds is 3.